The van der Waals surface area contributed by atoms with E-state index in [2.05, 4.69) is 0 Å². The normalized spacial score (nSPS) is 10.9. The fourth-order valence-electron chi connectivity index (χ4n) is 1.97. The number of aliphatic carboxylic acids is 2. The van der Waals surface area contributed by atoms with Gasteiger partial charge in [-0.15, -0.1) is 0 Å². The van der Waals surface area contributed by atoms with Crippen LogP contribution in [0.2, 0.25) is 0 Å². The number of rotatable bonds is 13. The highest BCUT2D eigenvalue weighted by molar-refractivity contribution is 5.77. The first kappa shape index (κ1) is 21.9. The molecule has 0 rings (SSSR count). The van der Waals surface area contributed by atoms with Gasteiger partial charge in [-0.1, -0.05) is 26.7 Å². The fourth-order valence-corrected chi connectivity index (χ4v) is 1.97. The monoisotopic (exact) mass is 346 g/mol. The van der Waals surface area contributed by atoms with E-state index in [1.54, 1.807) is 13.8 Å². The third kappa shape index (κ3) is 8.50. The molecule has 8 heteroatoms. The van der Waals surface area contributed by atoms with E-state index in [9.17, 15) is 24.3 Å². The predicted molar refractivity (Wildman–Crippen MR) is 83.3 cm³/mol. The van der Waals surface area contributed by atoms with Crippen LogP contribution in [0.5, 0.6) is 0 Å². The van der Waals surface area contributed by atoms with Gasteiger partial charge in [0, 0.05) is 19.3 Å². The highest BCUT2D eigenvalue weighted by Gasteiger charge is 2.41. The van der Waals surface area contributed by atoms with E-state index in [0.29, 0.717) is 19.3 Å². The van der Waals surface area contributed by atoms with Crippen molar-refractivity contribution in [3.05, 3.63) is 0 Å². The zero-order valence-corrected chi connectivity index (χ0v) is 14.2. The van der Waals surface area contributed by atoms with Crippen molar-refractivity contribution < 1.29 is 38.9 Å². The Morgan fingerprint density at radius 1 is 0.833 bits per heavy atom. The molecule has 0 fully saturated rings. The van der Waals surface area contributed by atoms with Gasteiger partial charge in [-0.2, -0.15) is 0 Å². The summed E-state index contributed by atoms with van der Waals surface area (Å²) in [5.74, 6) is -3.19. The second kappa shape index (κ2) is 11.4. The molecular weight excluding hydrogens is 320 g/mol. The van der Waals surface area contributed by atoms with Crippen molar-refractivity contribution >= 4 is 23.9 Å². The van der Waals surface area contributed by atoms with Crippen molar-refractivity contribution in [1.82, 2.24) is 0 Å². The minimum absolute atomic E-state index is 0.00964. The number of unbranched alkanes of at least 4 members (excludes halogenated alkanes) is 2. The quantitative estimate of drug-likeness (QED) is 0.383. The van der Waals surface area contributed by atoms with Gasteiger partial charge in [0.2, 0.25) is 0 Å². The molecule has 8 nitrogen and oxygen atoms in total. The molecule has 0 aliphatic heterocycles. The first-order valence-corrected chi connectivity index (χ1v) is 8.03. The molecule has 0 saturated heterocycles. The maximum Gasteiger partial charge on any atom is 0.316 e. The summed E-state index contributed by atoms with van der Waals surface area (Å²) < 4.78 is 9.95. The summed E-state index contributed by atoms with van der Waals surface area (Å²) in [5, 5.41) is 18.2. The molecule has 0 saturated carbocycles. The van der Waals surface area contributed by atoms with Crippen LogP contribution >= 0.6 is 0 Å². The number of carboxylic acids is 2. The van der Waals surface area contributed by atoms with Crippen molar-refractivity contribution in [2.24, 2.45) is 5.41 Å². The Morgan fingerprint density at radius 3 is 1.71 bits per heavy atom. The molecule has 24 heavy (non-hydrogen) atoms. The fraction of sp³-hybridized carbons (Fsp3) is 0.750. The van der Waals surface area contributed by atoms with Crippen molar-refractivity contribution in [2.75, 3.05) is 13.2 Å². The second-order valence-electron chi connectivity index (χ2n) is 5.57. The van der Waals surface area contributed by atoms with Crippen LogP contribution in [0.1, 0.15) is 58.8 Å². The van der Waals surface area contributed by atoms with Crippen molar-refractivity contribution in [3.63, 3.8) is 0 Å². The van der Waals surface area contributed by atoms with Crippen LogP contribution in [-0.4, -0.2) is 47.3 Å². The van der Waals surface area contributed by atoms with Crippen molar-refractivity contribution in [2.45, 2.75) is 58.8 Å². The Hall–Kier alpha value is -2.12. The van der Waals surface area contributed by atoms with Gasteiger partial charge < -0.3 is 19.7 Å². The number of hydrogen-bond acceptors (Lipinski definition) is 6. The lowest BCUT2D eigenvalue weighted by atomic mass is 9.84. The zero-order chi connectivity index (χ0) is 18.6. The lowest BCUT2D eigenvalue weighted by Crippen LogP contribution is -2.41. The number of carbonyl (C=O) groups excluding carboxylic acids is 2. The standard InChI is InChI=1S/C16H26O8/c1-3-13(19)23-10-16(15(21)22,11-24-14(20)4-2)9-7-5-6-8-12(17)18/h3-11H2,1-2H3,(H,17,18)(H,21,22). The Kier molecular flexibility index (Phi) is 10.4. The number of hydrogen-bond donors (Lipinski definition) is 2. The highest BCUT2D eigenvalue weighted by Crippen LogP contribution is 2.28. The Morgan fingerprint density at radius 2 is 1.33 bits per heavy atom. The van der Waals surface area contributed by atoms with E-state index in [1.165, 1.54) is 0 Å². The van der Waals surface area contributed by atoms with Gasteiger partial charge in [-0.3, -0.25) is 19.2 Å². The average molecular weight is 346 g/mol. The molecule has 0 aliphatic rings. The lowest BCUT2D eigenvalue weighted by Gasteiger charge is -2.28. The van der Waals surface area contributed by atoms with E-state index in [1.807, 2.05) is 0 Å². The molecular formula is C16H26O8. The molecule has 0 aromatic heterocycles. The van der Waals surface area contributed by atoms with Crippen LogP contribution in [-0.2, 0) is 28.7 Å². The van der Waals surface area contributed by atoms with Crippen molar-refractivity contribution in [3.8, 4) is 0 Å². The average Bonchev–Trinajstić information content (AvgIpc) is 2.55. The molecule has 0 unspecified atom stereocenters. The molecule has 0 spiro atoms. The SMILES string of the molecule is CCC(=O)OCC(CCCCCC(=O)O)(COC(=O)CC)C(=O)O. The molecule has 0 radical (unpaired) electrons. The molecule has 0 heterocycles. The van der Waals surface area contributed by atoms with Gasteiger partial charge in [0.1, 0.15) is 18.6 Å². The zero-order valence-electron chi connectivity index (χ0n) is 14.2. The summed E-state index contributed by atoms with van der Waals surface area (Å²) in [6, 6.07) is 0. The third-order valence-electron chi connectivity index (χ3n) is 3.60. The van der Waals surface area contributed by atoms with Gasteiger partial charge in [-0.25, -0.2) is 0 Å². The van der Waals surface area contributed by atoms with Crippen molar-refractivity contribution in [1.29, 1.82) is 0 Å². The van der Waals surface area contributed by atoms with Crippen LogP contribution < -0.4 is 0 Å². The van der Waals surface area contributed by atoms with E-state index in [0.717, 1.165) is 0 Å². The first-order chi connectivity index (χ1) is 11.3. The van der Waals surface area contributed by atoms with Crippen LogP contribution in [0.4, 0.5) is 0 Å². The third-order valence-corrected chi connectivity index (χ3v) is 3.60. The molecule has 0 aromatic rings. The lowest BCUT2D eigenvalue weighted by molar-refractivity contribution is -0.168. The first-order valence-electron chi connectivity index (χ1n) is 8.03. The van der Waals surface area contributed by atoms with E-state index in [4.69, 9.17) is 14.6 Å². The molecule has 2 N–H and O–H groups in total. The van der Waals surface area contributed by atoms with Crippen LogP contribution in [0.15, 0.2) is 0 Å². The topological polar surface area (TPSA) is 127 Å². The summed E-state index contributed by atoms with van der Waals surface area (Å²) in [4.78, 5) is 44.9. The molecule has 0 aliphatic carbocycles. The molecule has 0 amide bonds. The Bertz CT molecular complexity index is 423. The largest absolute Gasteiger partial charge is 0.481 e. The molecule has 0 atom stereocenters. The van der Waals surface area contributed by atoms with E-state index in [-0.39, 0.29) is 38.9 Å². The maximum absolute atomic E-state index is 11.7. The molecule has 0 bridgehead atoms. The smallest absolute Gasteiger partial charge is 0.316 e. The predicted octanol–water partition coefficient (Wildman–Crippen LogP) is 2.00. The van der Waals surface area contributed by atoms with Gasteiger partial charge >= 0.3 is 23.9 Å². The van der Waals surface area contributed by atoms with E-state index >= 15 is 0 Å². The minimum atomic E-state index is -1.51. The van der Waals surface area contributed by atoms with Crippen LogP contribution in [0.3, 0.4) is 0 Å². The van der Waals surface area contributed by atoms with Crippen LogP contribution in [0, 0.1) is 5.41 Å². The number of esters is 2. The number of ether oxygens (including phenoxy) is 2. The van der Waals surface area contributed by atoms with Gasteiger partial charge in [0.25, 0.3) is 0 Å². The van der Waals surface area contributed by atoms with E-state index < -0.39 is 29.3 Å². The minimum Gasteiger partial charge on any atom is -0.481 e. The Balaban J connectivity index is 4.84. The van der Waals surface area contributed by atoms with Crippen LogP contribution in [0.25, 0.3) is 0 Å². The highest BCUT2D eigenvalue weighted by atomic mass is 16.6. The van der Waals surface area contributed by atoms with Gasteiger partial charge in [-0.05, 0) is 12.8 Å². The van der Waals surface area contributed by atoms with Gasteiger partial charge in [0.15, 0.2) is 0 Å². The number of carboxylic acid groups (broad SMARTS) is 2. The summed E-state index contributed by atoms with van der Waals surface area (Å²) in [6.07, 6.45) is 1.73. The maximum atomic E-state index is 11.7. The summed E-state index contributed by atoms with van der Waals surface area (Å²) in [7, 11) is 0. The number of carbonyl (C=O) groups is 4. The van der Waals surface area contributed by atoms with Gasteiger partial charge in [0.05, 0.1) is 0 Å². The summed E-state index contributed by atoms with van der Waals surface area (Å²) in [6.45, 7) is 2.41. The summed E-state index contributed by atoms with van der Waals surface area (Å²) >= 11 is 0. The second-order valence-corrected chi connectivity index (χ2v) is 5.57. The summed E-state index contributed by atoms with van der Waals surface area (Å²) in [5.41, 5.74) is -1.51. The molecule has 0 aromatic carbocycles. The Labute approximate surface area is 141 Å². The molecule has 138 valence electrons.